The van der Waals surface area contributed by atoms with Crippen LogP contribution < -0.4 is 10.5 Å². The molecule has 2 rings (SSSR count). The Morgan fingerprint density at radius 3 is 2.72 bits per heavy atom. The quantitative estimate of drug-likeness (QED) is 0.824. The second kappa shape index (κ2) is 4.83. The molecule has 0 spiro atoms. The molecule has 1 aromatic heterocycles. The first-order valence-electron chi connectivity index (χ1n) is 5.36. The van der Waals surface area contributed by atoms with Gasteiger partial charge in [-0.25, -0.2) is 13.1 Å². The van der Waals surface area contributed by atoms with E-state index in [1.807, 2.05) is 0 Å². The molecule has 0 bridgehead atoms. The molecular weight excluding hydrogens is 252 g/mol. The first-order chi connectivity index (χ1) is 8.47. The van der Waals surface area contributed by atoms with Gasteiger partial charge in [0.2, 0.25) is 10.0 Å². The number of furan rings is 1. The van der Waals surface area contributed by atoms with Gasteiger partial charge in [-0.05, 0) is 42.8 Å². The topological polar surface area (TPSA) is 85.3 Å². The summed E-state index contributed by atoms with van der Waals surface area (Å²) < 4.78 is 31.6. The predicted molar refractivity (Wildman–Crippen MR) is 68.3 cm³/mol. The average Bonchev–Trinajstić information content (AvgIpc) is 2.78. The van der Waals surface area contributed by atoms with E-state index in [1.54, 1.807) is 31.2 Å². The minimum absolute atomic E-state index is 0.114. The molecule has 6 heteroatoms. The van der Waals surface area contributed by atoms with Gasteiger partial charge in [-0.1, -0.05) is 0 Å². The van der Waals surface area contributed by atoms with Crippen molar-refractivity contribution in [3.63, 3.8) is 0 Å². The van der Waals surface area contributed by atoms with Crippen molar-refractivity contribution in [3.8, 4) is 0 Å². The number of sulfonamides is 1. The van der Waals surface area contributed by atoms with Crippen molar-refractivity contribution in [1.29, 1.82) is 0 Å². The van der Waals surface area contributed by atoms with E-state index in [9.17, 15) is 8.42 Å². The van der Waals surface area contributed by atoms with Crippen molar-refractivity contribution in [2.24, 2.45) is 0 Å². The lowest BCUT2D eigenvalue weighted by atomic mass is 10.2. The molecule has 0 amide bonds. The van der Waals surface area contributed by atoms with Gasteiger partial charge >= 0.3 is 0 Å². The summed E-state index contributed by atoms with van der Waals surface area (Å²) in [6.07, 6.45) is 1.49. The number of aryl methyl sites for hydroxylation is 1. The predicted octanol–water partition coefficient (Wildman–Crippen LogP) is 1.65. The third kappa shape index (κ3) is 2.91. The highest BCUT2D eigenvalue weighted by Gasteiger charge is 2.15. The van der Waals surface area contributed by atoms with E-state index in [-0.39, 0.29) is 11.4 Å². The highest BCUT2D eigenvalue weighted by Crippen LogP contribution is 2.16. The van der Waals surface area contributed by atoms with E-state index in [0.29, 0.717) is 11.4 Å². The van der Waals surface area contributed by atoms with Crippen LogP contribution in [0.4, 0.5) is 5.69 Å². The van der Waals surface area contributed by atoms with Gasteiger partial charge < -0.3 is 10.2 Å². The van der Waals surface area contributed by atoms with Crippen LogP contribution in [0.25, 0.3) is 0 Å². The molecule has 2 aromatic rings. The summed E-state index contributed by atoms with van der Waals surface area (Å²) in [4.78, 5) is 0.159. The van der Waals surface area contributed by atoms with Gasteiger partial charge in [-0.2, -0.15) is 0 Å². The van der Waals surface area contributed by atoms with E-state index >= 15 is 0 Å². The molecule has 0 unspecified atom stereocenters. The van der Waals surface area contributed by atoms with Crippen LogP contribution in [0.2, 0.25) is 0 Å². The molecule has 18 heavy (non-hydrogen) atoms. The van der Waals surface area contributed by atoms with Gasteiger partial charge in [-0.15, -0.1) is 0 Å². The monoisotopic (exact) mass is 266 g/mol. The van der Waals surface area contributed by atoms with Crippen LogP contribution in [-0.4, -0.2) is 8.42 Å². The Hall–Kier alpha value is -1.79. The minimum Gasteiger partial charge on any atom is -0.468 e. The van der Waals surface area contributed by atoms with Crippen molar-refractivity contribution in [1.82, 2.24) is 4.72 Å². The molecule has 0 aliphatic rings. The van der Waals surface area contributed by atoms with E-state index in [4.69, 9.17) is 10.2 Å². The van der Waals surface area contributed by atoms with Crippen molar-refractivity contribution in [2.75, 3.05) is 5.73 Å². The Balaban J connectivity index is 2.20. The fourth-order valence-corrected chi connectivity index (χ4v) is 2.73. The normalized spacial score (nSPS) is 11.6. The Labute approximate surface area is 106 Å². The molecule has 1 aromatic carbocycles. The maximum absolute atomic E-state index is 12.0. The summed E-state index contributed by atoms with van der Waals surface area (Å²) >= 11 is 0. The van der Waals surface area contributed by atoms with Crippen LogP contribution in [0.3, 0.4) is 0 Å². The van der Waals surface area contributed by atoms with Crippen LogP contribution >= 0.6 is 0 Å². The third-order valence-electron chi connectivity index (χ3n) is 2.40. The SMILES string of the molecule is Cc1cc(N)cc(S(=O)(=O)NCc2ccco2)c1. The highest BCUT2D eigenvalue weighted by atomic mass is 32.2. The summed E-state index contributed by atoms with van der Waals surface area (Å²) in [5, 5.41) is 0. The lowest BCUT2D eigenvalue weighted by Crippen LogP contribution is -2.23. The smallest absolute Gasteiger partial charge is 0.241 e. The second-order valence-corrected chi connectivity index (χ2v) is 5.75. The molecule has 0 fully saturated rings. The van der Waals surface area contributed by atoms with Crippen LogP contribution in [0, 0.1) is 6.92 Å². The number of anilines is 1. The first kappa shape index (κ1) is 12.7. The number of nitrogens with one attached hydrogen (secondary N) is 1. The van der Waals surface area contributed by atoms with Crippen molar-refractivity contribution < 1.29 is 12.8 Å². The van der Waals surface area contributed by atoms with Crippen molar-refractivity contribution >= 4 is 15.7 Å². The van der Waals surface area contributed by atoms with Gasteiger partial charge in [0.05, 0.1) is 17.7 Å². The van der Waals surface area contributed by atoms with Crippen LogP contribution in [0.1, 0.15) is 11.3 Å². The van der Waals surface area contributed by atoms with Crippen LogP contribution in [0.15, 0.2) is 45.9 Å². The lowest BCUT2D eigenvalue weighted by molar-refractivity contribution is 0.498. The van der Waals surface area contributed by atoms with Gasteiger partial charge in [-0.3, -0.25) is 0 Å². The number of benzene rings is 1. The summed E-state index contributed by atoms with van der Waals surface area (Å²) in [5.41, 5.74) is 6.86. The van der Waals surface area contributed by atoms with Crippen molar-refractivity contribution in [3.05, 3.63) is 47.9 Å². The molecular formula is C12H14N2O3S. The van der Waals surface area contributed by atoms with Crippen molar-refractivity contribution in [2.45, 2.75) is 18.4 Å². The first-order valence-corrected chi connectivity index (χ1v) is 6.85. The maximum Gasteiger partial charge on any atom is 0.241 e. The Kier molecular flexibility index (Phi) is 3.40. The summed E-state index contributed by atoms with van der Waals surface area (Å²) in [7, 11) is -3.57. The lowest BCUT2D eigenvalue weighted by Gasteiger charge is -2.07. The molecule has 3 N–H and O–H groups in total. The zero-order chi connectivity index (χ0) is 13.2. The summed E-state index contributed by atoms with van der Waals surface area (Å²) in [6, 6.07) is 8.12. The van der Waals surface area contributed by atoms with Crippen LogP contribution in [-0.2, 0) is 16.6 Å². The Morgan fingerprint density at radius 2 is 2.11 bits per heavy atom. The minimum atomic E-state index is -3.57. The number of rotatable bonds is 4. The number of nitrogen functional groups attached to an aromatic ring is 1. The molecule has 5 nitrogen and oxygen atoms in total. The van der Waals surface area contributed by atoms with Gasteiger partial charge in [0.15, 0.2) is 0 Å². The number of nitrogens with two attached hydrogens (primary N) is 1. The third-order valence-corrected chi connectivity index (χ3v) is 3.78. The highest BCUT2D eigenvalue weighted by molar-refractivity contribution is 7.89. The Morgan fingerprint density at radius 1 is 1.33 bits per heavy atom. The molecule has 0 radical (unpaired) electrons. The molecule has 0 aliphatic carbocycles. The molecule has 0 saturated heterocycles. The fraction of sp³-hybridized carbons (Fsp3) is 0.167. The second-order valence-electron chi connectivity index (χ2n) is 3.98. The zero-order valence-corrected chi connectivity index (χ0v) is 10.7. The zero-order valence-electron chi connectivity index (χ0n) is 9.88. The maximum atomic E-state index is 12.0. The standard InChI is InChI=1S/C12H14N2O3S/c1-9-5-10(13)7-12(6-9)18(15,16)14-8-11-3-2-4-17-11/h2-7,14H,8,13H2,1H3. The van der Waals surface area contributed by atoms with E-state index < -0.39 is 10.0 Å². The average molecular weight is 266 g/mol. The largest absolute Gasteiger partial charge is 0.468 e. The van der Waals surface area contributed by atoms with Gasteiger partial charge in [0.1, 0.15) is 5.76 Å². The molecule has 0 saturated carbocycles. The molecule has 0 aliphatic heterocycles. The summed E-state index contributed by atoms with van der Waals surface area (Å²) in [5.74, 6) is 0.555. The Bertz CT molecular complexity index is 613. The molecule has 96 valence electrons. The van der Waals surface area contributed by atoms with E-state index in [2.05, 4.69) is 4.72 Å². The number of hydrogen-bond acceptors (Lipinski definition) is 4. The number of hydrogen-bond donors (Lipinski definition) is 2. The van der Waals surface area contributed by atoms with Crippen LogP contribution in [0.5, 0.6) is 0 Å². The van der Waals surface area contributed by atoms with E-state index in [1.165, 1.54) is 12.3 Å². The molecule has 1 heterocycles. The van der Waals surface area contributed by atoms with Gasteiger partial charge in [0, 0.05) is 5.69 Å². The fourth-order valence-electron chi connectivity index (χ4n) is 1.59. The summed E-state index contributed by atoms with van der Waals surface area (Å²) in [6.45, 7) is 1.91. The van der Waals surface area contributed by atoms with Gasteiger partial charge in [0.25, 0.3) is 0 Å². The van der Waals surface area contributed by atoms with E-state index in [0.717, 1.165) is 5.56 Å². The molecule has 0 atom stereocenters.